The number of carbonyl (C=O) groups excluding carboxylic acids is 1. The van der Waals surface area contributed by atoms with E-state index in [4.69, 9.17) is 4.42 Å². The lowest BCUT2D eigenvalue weighted by atomic mass is 10.2. The fourth-order valence-corrected chi connectivity index (χ4v) is 1.63. The number of hydrogen-bond donors (Lipinski definition) is 2. The molecule has 4 nitrogen and oxygen atoms in total. The van der Waals surface area contributed by atoms with Gasteiger partial charge in [-0.1, -0.05) is 12.1 Å². The molecule has 0 aliphatic heterocycles. The molecule has 0 radical (unpaired) electrons. The zero-order chi connectivity index (χ0) is 13.0. The first-order valence-corrected chi connectivity index (χ1v) is 5.97. The number of amides is 2. The maximum absolute atomic E-state index is 12.7. The molecule has 2 aromatic rings. The van der Waals surface area contributed by atoms with Gasteiger partial charge < -0.3 is 9.73 Å². The van der Waals surface area contributed by atoms with Crippen molar-refractivity contribution in [1.82, 2.24) is 5.32 Å². The zero-order valence-electron chi connectivity index (χ0n) is 9.24. The molecule has 2 rings (SSSR count). The third kappa shape index (κ3) is 3.59. The van der Waals surface area contributed by atoms with Gasteiger partial charge >= 0.3 is 6.03 Å². The van der Waals surface area contributed by atoms with Gasteiger partial charge in [0.1, 0.15) is 5.82 Å². The highest BCUT2D eigenvalue weighted by atomic mass is 79.9. The van der Waals surface area contributed by atoms with E-state index in [0.717, 1.165) is 5.56 Å². The van der Waals surface area contributed by atoms with Crippen molar-refractivity contribution >= 4 is 27.8 Å². The standard InChI is InChI=1S/C12H10BrFN2O2/c13-10-5-6-11(18-10)16-12(17)15-7-8-1-3-9(14)4-2-8/h1-6H,7H2,(H2,15,16,17). The van der Waals surface area contributed by atoms with E-state index in [1.54, 1.807) is 24.3 Å². The van der Waals surface area contributed by atoms with Crippen LogP contribution in [0.15, 0.2) is 45.5 Å². The molecule has 0 spiro atoms. The number of furan rings is 1. The van der Waals surface area contributed by atoms with Gasteiger partial charge in [-0.2, -0.15) is 0 Å². The molecule has 0 saturated heterocycles. The van der Waals surface area contributed by atoms with Crippen molar-refractivity contribution in [2.45, 2.75) is 6.54 Å². The quantitative estimate of drug-likeness (QED) is 0.911. The number of benzene rings is 1. The summed E-state index contributed by atoms with van der Waals surface area (Å²) in [7, 11) is 0. The van der Waals surface area contributed by atoms with Crippen molar-refractivity contribution in [2.24, 2.45) is 0 Å². The van der Waals surface area contributed by atoms with E-state index in [2.05, 4.69) is 26.6 Å². The smallest absolute Gasteiger partial charge is 0.321 e. The fraction of sp³-hybridized carbons (Fsp3) is 0.0833. The summed E-state index contributed by atoms with van der Waals surface area (Å²) in [6, 6.07) is 8.83. The molecular weight excluding hydrogens is 303 g/mol. The highest BCUT2D eigenvalue weighted by molar-refractivity contribution is 9.10. The molecule has 0 aliphatic rings. The highest BCUT2D eigenvalue weighted by Gasteiger charge is 2.04. The highest BCUT2D eigenvalue weighted by Crippen LogP contribution is 2.17. The zero-order valence-corrected chi connectivity index (χ0v) is 10.8. The lowest BCUT2D eigenvalue weighted by molar-refractivity contribution is 0.251. The molecule has 0 unspecified atom stereocenters. The predicted octanol–water partition coefficient (Wildman–Crippen LogP) is 3.50. The van der Waals surface area contributed by atoms with Gasteiger partial charge in [-0.15, -0.1) is 0 Å². The van der Waals surface area contributed by atoms with E-state index in [9.17, 15) is 9.18 Å². The number of hydrogen-bond acceptors (Lipinski definition) is 2. The summed E-state index contributed by atoms with van der Waals surface area (Å²) in [6.07, 6.45) is 0. The first-order chi connectivity index (χ1) is 8.63. The molecule has 1 aromatic carbocycles. The molecule has 6 heteroatoms. The van der Waals surface area contributed by atoms with Crippen molar-refractivity contribution in [2.75, 3.05) is 5.32 Å². The van der Waals surface area contributed by atoms with Crippen LogP contribution in [-0.2, 0) is 6.54 Å². The van der Waals surface area contributed by atoms with Crippen LogP contribution in [-0.4, -0.2) is 6.03 Å². The molecular formula is C12H10BrFN2O2. The molecule has 0 bridgehead atoms. The van der Waals surface area contributed by atoms with Crippen molar-refractivity contribution < 1.29 is 13.6 Å². The van der Waals surface area contributed by atoms with Crippen LogP contribution < -0.4 is 10.6 Å². The van der Waals surface area contributed by atoms with E-state index >= 15 is 0 Å². The van der Waals surface area contributed by atoms with Crippen molar-refractivity contribution in [3.05, 3.63) is 52.4 Å². The number of halogens is 2. The molecule has 2 amide bonds. The van der Waals surface area contributed by atoms with Crippen LogP contribution in [0.5, 0.6) is 0 Å². The molecule has 0 fully saturated rings. The number of rotatable bonds is 3. The first kappa shape index (κ1) is 12.6. The Morgan fingerprint density at radius 2 is 1.94 bits per heavy atom. The predicted molar refractivity (Wildman–Crippen MR) is 68.7 cm³/mol. The second-order valence-electron chi connectivity index (χ2n) is 3.54. The van der Waals surface area contributed by atoms with Gasteiger partial charge in [0.2, 0.25) is 5.88 Å². The van der Waals surface area contributed by atoms with E-state index in [0.29, 0.717) is 17.1 Å². The maximum atomic E-state index is 12.7. The Morgan fingerprint density at radius 1 is 1.22 bits per heavy atom. The van der Waals surface area contributed by atoms with E-state index in [1.165, 1.54) is 12.1 Å². The van der Waals surface area contributed by atoms with Crippen molar-refractivity contribution in [3.63, 3.8) is 0 Å². The molecule has 1 aromatic heterocycles. The summed E-state index contributed by atoms with van der Waals surface area (Å²) in [5.74, 6) is 0.0436. The lowest BCUT2D eigenvalue weighted by Crippen LogP contribution is -2.27. The Balaban J connectivity index is 1.83. The fourth-order valence-electron chi connectivity index (χ4n) is 1.32. The van der Waals surface area contributed by atoms with Gasteiger partial charge in [-0.3, -0.25) is 5.32 Å². The third-order valence-corrected chi connectivity index (χ3v) is 2.60. The second kappa shape index (κ2) is 5.68. The van der Waals surface area contributed by atoms with Crippen LogP contribution in [0.1, 0.15) is 5.56 Å². The lowest BCUT2D eigenvalue weighted by Gasteiger charge is -2.05. The Labute approximate surface area is 111 Å². The average Bonchev–Trinajstić information content (AvgIpc) is 2.74. The number of urea groups is 1. The Morgan fingerprint density at radius 3 is 2.56 bits per heavy atom. The largest absolute Gasteiger partial charge is 0.434 e. The molecule has 18 heavy (non-hydrogen) atoms. The molecule has 94 valence electrons. The van der Waals surface area contributed by atoms with Crippen molar-refractivity contribution in [1.29, 1.82) is 0 Å². The van der Waals surface area contributed by atoms with Crippen LogP contribution >= 0.6 is 15.9 Å². The second-order valence-corrected chi connectivity index (χ2v) is 4.32. The van der Waals surface area contributed by atoms with Gasteiger partial charge in [0.15, 0.2) is 4.67 Å². The number of anilines is 1. The van der Waals surface area contributed by atoms with Crippen LogP contribution in [0.4, 0.5) is 15.1 Å². The topological polar surface area (TPSA) is 54.3 Å². The number of nitrogens with one attached hydrogen (secondary N) is 2. The van der Waals surface area contributed by atoms with Gasteiger partial charge in [0.25, 0.3) is 0 Å². The summed E-state index contributed by atoms with van der Waals surface area (Å²) >= 11 is 3.13. The molecule has 0 atom stereocenters. The molecule has 0 saturated carbocycles. The summed E-state index contributed by atoms with van der Waals surface area (Å²) in [4.78, 5) is 11.5. The Kier molecular flexibility index (Phi) is 3.99. The van der Waals surface area contributed by atoms with Gasteiger partial charge in [-0.25, -0.2) is 9.18 Å². The monoisotopic (exact) mass is 312 g/mol. The minimum absolute atomic E-state index is 0.302. The normalized spacial score (nSPS) is 10.1. The van der Waals surface area contributed by atoms with Crippen LogP contribution in [0.25, 0.3) is 0 Å². The summed E-state index contributed by atoms with van der Waals surface area (Å²) in [5.41, 5.74) is 0.812. The average molecular weight is 313 g/mol. The van der Waals surface area contributed by atoms with E-state index in [1.807, 2.05) is 0 Å². The van der Waals surface area contributed by atoms with Crippen LogP contribution in [0, 0.1) is 5.82 Å². The first-order valence-electron chi connectivity index (χ1n) is 5.18. The van der Waals surface area contributed by atoms with Crippen LogP contribution in [0.2, 0.25) is 0 Å². The number of carbonyl (C=O) groups is 1. The third-order valence-electron chi connectivity index (χ3n) is 2.18. The summed E-state index contributed by atoms with van der Waals surface area (Å²) < 4.78 is 18.3. The van der Waals surface area contributed by atoms with Gasteiger partial charge in [0.05, 0.1) is 0 Å². The summed E-state index contributed by atoms with van der Waals surface area (Å²) in [5, 5.41) is 5.15. The SMILES string of the molecule is O=C(NCc1ccc(F)cc1)Nc1ccc(Br)o1. The minimum Gasteiger partial charge on any atom is -0.434 e. The Bertz CT molecular complexity index is 539. The van der Waals surface area contributed by atoms with E-state index in [-0.39, 0.29) is 11.8 Å². The van der Waals surface area contributed by atoms with E-state index < -0.39 is 0 Å². The molecule has 2 N–H and O–H groups in total. The van der Waals surface area contributed by atoms with Crippen LogP contribution in [0.3, 0.4) is 0 Å². The summed E-state index contributed by atoms with van der Waals surface area (Å²) in [6.45, 7) is 0.313. The van der Waals surface area contributed by atoms with Gasteiger partial charge in [-0.05, 0) is 39.7 Å². The molecule has 1 heterocycles. The maximum Gasteiger partial charge on any atom is 0.321 e. The van der Waals surface area contributed by atoms with Crippen molar-refractivity contribution in [3.8, 4) is 0 Å². The minimum atomic E-state index is -0.388. The van der Waals surface area contributed by atoms with Gasteiger partial charge in [0, 0.05) is 12.6 Å². The molecule has 0 aliphatic carbocycles. The Hall–Kier alpha value is -1.82.